The van der Waals surface area contributed by atoms with Crippen molar-refractivity contribution < 1.29 is 22.7 Å². The Morgan fingerprint density at radius 1 is 0.969 bits per heavy atom. The second kappa shape index (κ2) is 6.93. The molecular weight excluding hydrogens is 422 g/mol. The molecule has 1 unspecified atom stereocenters. The number of aromatic amines is 1. The normalized spacial score (nSPS) is 14.2. The molecule has 0 bridgehead atoms. The molecule has 0 aliphatic carbocycles. The Hall–Kier alpha value is -3.65. The first-order chi connectivity index (χ1) is 15.2. The quantitative estimate of drug-likeness (QED) is 0.352. The summed E-state index contributed by atoms with van der Waals surface area (Å²) in [6.07, 6.45) is -2.37. The molecule has 5 rings (SSSR count). The molecule has 0 radical (unpaired) electrons. The van der Waals surface area contributed by atoms with E-state index in [1.165, 1.54) is 59.5 Å². The molecule has 4 nitrogen and oxygen atoms in total. The minimum absolute atomic E-state index is 0.269. The first kappa shape index (κ1) is 20.3. The molecule has 2 heterocycles. The van der Waals surface area contributed by atoms with Gasteiger partial charge in [0.05, 0.1) is 17.4 Å². The zero-order valence-corrected chi connectivity index (χ0v) is 16.8. The van der Waals surface area contributed by atoms with Crippen LogP contribution in [0.1, 0.15) is 16.7 Å². The van der Waals surface area contributed by atoms with E-state index >= 15 is 0 Å². The smallest absolute Gasteiger partial charge is 0.372 e. The summed E-state index contributed by atoms with van der Waals surface area (Å²) in [5.41, 5.74) is -1.46. The van der Waals surface area contributed by atoms with Gasteiger partial charge in [0.15, 0.2) is 0 Å². The number of aliphatic hydroxyl groups is 1. The molecule has 0 spiro atoms. The molecule has 2 aromatic heterocycles. The molecule has 162 valence electrons. The lowest BCUT2D eigenvalue weighted by Gasteiger charge is -2.31. The maximum atomic E-state index is 14.4. The van der Waals surface area contributed by atoms with Crippen LogP contribution in [0, 0.1) is 12.7 Å². The van der Waals surface area contributed by atoms with E-state index in [-0.39, 0.29) is 11.1 Å². The molecule has 0 amide bonds. The lowest BCUT2D eigenvalue weighted by molar-refractivity contribution is -0.247. The largest absolute Gasteiger partial charge is 0.425 e. The van der Waals surface area contributed by atoms with Crippen molar-refractivity contribution in [3.8, 4) is 5.69 Å². The fraction of sp³-hybridized carbons (Fsp3) is 0.125. The predicted octanol–water partition coefficient (Wildman–Crippen LogP) is 5.75. The van der Waals surface area contributed by atoms with E-state index in [0.717, 1.165) is 5.56 Å². The minimum Gasteiger partial charge on any atom is -0.372 e. The number of aromatic nitrogens is 3. The fourth-order valence-corrected chi connectivity index (χ4v) is 4.05. The zero-order valence-electron chi connectivity index (χ0n) is 16.8. The number of alkyl halides is 3. The Bertz CT molecular complexity index is 1450. The molecule has 0 saturated heterocycles. The summed E-state index contributed by atoms with van der Waals surface area (Å²) in [6, 6.07) is 14.7. The van der Waals surface area contributed by atoms with Crippen LogP contribution in [-0.2, 0) is 5.60 Å². The number of benzene rings is 3. The third-order valence-corrected chi connectivity index (χ3v) is 5.69. The molecule has 5 aromatic rings. The van der Waals surface area contributed by atoms with Gasteiger partial charge in [-0.25, -0.2) is 9.07 Å². The number of hydrogen-bond acceptors (Lipinski definition) is 2. The van der Waals surface area contributed by atoms with E-state index in [0.29, 0.717) is 27.5 Å². The number of nitrogens with one attached hydrogen (secondary N) is 1. The highest BCUT2D eigenvalue weighted by atomic mass is 19.4. The Morgan fingerprint density at radius 3 is 2.44 bits per heavy atom. The summed E-state index contributed by atoms with van der Waals surface area (Å²) in [4.78, 5) is 2.82. The summed E-state index contributed by atoms with van der Waals surface area (Å²) in [6.45, 7) is 1.78. The van der Waals surface area contributed by atoms with Crippen LogP contribution in [0.5, 0.6) is 0 Å². The number of halogens is 4. The highest BCUT2D eigenvalue weighted by Crippen LogP contribution is 2.47. The van der Waals surface area contributed by atoms with Gasteiger partial charge >= 0.3 is 6.18 Å². The molecule has 1 atom stereocenters. The van der Waals surface area contributed by atoms with Crippen LogP contribution < -0.4 is 0 Å². The van der Waals surface area contributed by atoms with Gasteiger partial charge in [0.1, 0.15) is 5.82 Å². The molecule has 8 heteroatoms. The number of fused-ring (bicyclic) bond motifs is 2. The first-order valence-corrected chi connectivity index (χ1v) is 9.80. The second-order valence-corrected chi connectivity index (χ2v) is 7.77. The van der Waals surface area contributed by atoms with Crippen LogP contribution in [0.4, 0.5) is 17.6 Å². The fourth-order valence-electron chi connectivity index (χ4n) is 4.05. The molecule has 2 N–H and O–H groups in total. The Labute approximate surface area is 179 Å². The number of hydrogen-bond donors (Lipinski definition) is 2. The highest BCUT2D eigenvalue weighted by Gasteiger charge is 2.57. The van der Waals surface area contributed by atoms with Crippen LogP contribution >= 0.6 is 0 Å². The van der Waals surface area contributed by atoms with Gasteiger partial charge in [0.2, 0.25) is 5.60 Å². The Kier molecular flexibility index (Phi) is 4.39. The van der Waals surface area contributed by atoms with Crippen molar-refractivity contribution >= 4 is 21.8 Å². The van der Waals surface area contributed by atoms with Gasteiger partial charge < -0.3 is 10.1 Å². The van der Waals surface area contributed by atoms with Crippen LogP contribution in [0.2, 0.25) is 0 Å². The van der Waals surface area contributed by atoms with E-state index in [1.807, 2.05) is 0 Å². The molecule has 0 saturated carbocycles. The van der Waals surface area contributed by atoms with Crippen LogP contribution in [0.3, 0.4) is 0 Å². The van der Waals surface area contributed by atoms with Crippen molar-refractivity contribution in [3.05, 3.63) is 95.6 Å². The van der Waals surface area contributed by atoms with Crippen LogP contribution in [0.25, 0.3) is 27.5 Å². The third kappa shape index (κ3) is 2.98. The Morgan fingerprint density at radius 2 is 1.72 bits per heavy atom. The predicted molar refractivity (Wildman–Crippen MR) is 113 cm³/mol. The number of rotatable bonds is 3. The summed E-state index contributed by atoms with van der Waals surface area (Å²) in [5, 5.41) is 16.1. The van der Waals surface area contributed by atoms with Crippen molar-refractivity contribution in [2.45, 2.75) is 18.7 Å². The minimum atomic E-state index is -4.98. The van der Waals surface area contributed by atoms with Gasteiger partial charge in [-0.05, 0) is 61.0 Å². The van der Waals surface area contributed by atoms with Crippen molar-refractivity contribution in [3.63, 3.8) is 0 Å². The SMILES string of the molecule is Cc1ccc2[nH]cc(C(O)(c3ccc4c(cnn4-c4ccc(F)cc4)c3)C(F)(F)F)c2c1. The van der Waals surface area contributed by atoms with Crippen molar-refractivity contribution in [2.24, 2.45) is 0 Å². The molecule has 0 fully saturated rings. The van der Waals surface area contributed by atoms with E-state index in [2.05, 4.69) is 10.1 Å². The number of aryl methyl sites for hydroxylation is 1. The van der Waals surface area contributed by atoms with Crippen molar-refractivity contribution in [2.75, 3.05) is 0 Å². The van der Waals surface area contributed by atoms with E-state index in [9.17, 15) is 22.7 Å². The van der Waals surface area contributed by atoms with Gasteiger partial charge in [-0.2, -0.15) is 18.3 Å². The molecule has 0 aliphatic rings. The van der Waals surface area contributed by atoms with Gasteiger partial charge in [-0.3, -0.25) is 0 Å². The average Bonchev–Trinajstić information content (AvgIpc) is 3.36. The average molecular weight is 439 g/mol. The number of H-pyrrole nitrogens is 1. The summed E-state index contributed by atoms with van der Waals surface area (Å²) in [5.74, 6) is -0.406. The third-order valence-electron chi connectivity index (χ3n) is 5.69. The van der Waals surface area contributed by atoms with Gasteiger partial charge in [0.25, 0.3) is 0 Å². The summed E-state index contributed by atoms with van der Waals surface area (Å²) >= 11 is 0. The topological polar surface area (TPSA) is 53.8 Å². The molecule has 32 heavy (non-hydrogen) atoms. The maximum absolute atomic E-state index is 14.4. The van der Waals surface area contributed by atoms with E-state index < -0.39 is 17.6 Å². The first-order valence-electron chi connectivity index (χ1n) is 9.80. The van der Waals surface area contributed by atoms with Crippen LogP contribution in [0.15, 0.2) is 73.1 Å². The maximum Gasteiger partial charge on any atom is 0.425 e. The number of nitrogens with zero attached hydrogens (tertiary/aromatic N) is 2. The standard InChI is InChI=1S/C24H17F4N3O/c1-14-2-8-21-19(10-14)20(13-29-21)23(32,24(26,27)28)16-3-9-22-15(11-16)12-30-31(22)18-6-4-17(25)5-7-18/h2-13,29,32H,1H3. The Balaban J connectivity index is 1.70. The lowest BCUT2D eigenvalue weighted by Crippen LogP contribution is -2.43. The molecular formula is C24H17F4N3O. The summed E-state index contributed by atoms with van der Waals surface area (Å²) in [7, 11) is 0. The van der Waals surface area contributed by atoms with Gasteiger partial charge in [-0.1, -0.05) is 17.7 Å². The molecule has 0 aliphatic heterocycles. The van der Waals surface area contributed by atoms with Gasteiger partial charge in [-0.15, -0.1) is 0 Å². The monoisotopic (exact) mass is 439 g/mol. The lowest BCUT2D eigenvalue weighted by atomic mass is 9.84. The van der Waals surface area contributed by atoms with Crippen molar-refractivity contribution in [1.29, 1.82) is 0 Å². The van der Waals surface area contributed by atoms with E-state index in [1.54, 1.807) is 25.1 Å². The van der Waals surface area contributed by atoms with Gasteiger partial charge in [0, 0.05) is 28.0 Å². The van der Waals surface area contributed by atoms with E-state index in [4.69, 9.17) is 0 Å². The van der Waals surface area contributed by atoms with Crippen molar-refractivity contribution in [1.82, 2.24) is 14.8 Å². The zero-order chi connectivity index (χ0) is 22.7. The second-order valence-electron chi connectivity index (χ2n) is 7.77. The highest BCUT2D eigenvalue weighted by molar-refractivity contribution is 5.86. The van der Waals surface area contributed by atoms with Crippen LogP contribution in [-0.4, -0.2) is 26.0 Å². The molecule has 3 aromatic carbocycles. The summed E-state index contributed by atoms with van der Waals surface area (Å²) < 4.78 is 57.9.